The van der Waals surface area contributed by atoms with Crippen LogP contribution in [0.5, 0.6) is 0 Å². The molecule has 0 bridgehead atoms. The molecule has 0 radical (unpaired) electrons. The molecule has 1 unspecified atom stereocenters. The number of aryl methyl sites for hydroxylation is 1. The number of nitrogens with zero attached hydrogens (tertiary/aromatic N) is 3. The van der Waals surface area contributed by atoms with Gasteiger partial charge in [0.2, 0.25) is 0 Å². The average molecular weight is 493 g/mol. The SMILES string of the molecule is COCCN(C)C(=O)c1cn(C(CCc2ccccc2)c2cnc[nH]2)cc1-c1cccc2ccccc12. The van der Waals surface area contributed by atoms with E-state index in [0.717, 1.165) is 40.4 Å². The Bertz CT molecular complexity index is 1450. The zero-order chi connectivity index (χ0) is 25.6. The van der Waals surface area contributed by atoms with E-state index in [1.807, 2.05) is 37.6 Å². The molecule has 3 aromatic carbocycles. The third-order valence-corrected chi connectivity index (χ3v) is 6.92. The number of hydrogen-bond acceptors (Lipinski definition) is 3. The van der Waals surface area contributed by atoms with Gasteiger partial charge in [-0.05, 0) is 34.7 Å². The van der Waals surface area contributed by atoms with Crippen LogP contribution in [0.1, 0.15) is 34.1 Å². The molecular formula is C31H32N4O2. The van der Waals surface area contributed by atoms with E-state index in [0.29, 0.717) is 18.7 Å². The molecule has 5 aromatic rings. The number of aromatic nitrogens is 3. The number of nitrogens with one attached hydrogen (secondary N) is 1. The van der Waals surface area contributed by atoms with Crippen molar-refractivity contribution in [1.82, 2.24) is 19.4 Å². The lowest BCUT2D eigenvalue weighted by molar-refractivity contribution is 0.0745. The largest absolute Gasteiger partial charge is 0.383 e. The van der Waals surface area contributed by atoms with E-state index in [-0.39, 0.29) is 11.9 Å². The summed E-state index contributed by atoms with van der Waals surface area (Å²) in [5.74, 6) is -0.0230. The van der Waals surface area contributed by atoms with Gasteiger partial charge in [-0.2, -0.15) is 0 Å². The number of aromatic amines is 1. The normalized spacial score (nSPS) is 12.1. The summed E-state index contributed by atoms with van der Waals surface area (Å²) in [5.41, 5.74) is 4.95. The number of H-pyrrole nitrogens is 1. The van der Waals surface area contributed by atoms with Crippen molar-refractivity contribution in [1.29, 1.82) is 0 Å². The van der Waals surface area contributed by atoms with Crippen LogP contribution in [-0.4, -0.2) is 52.7 Å². The van der Waals surface area contributed by atoms with E-state index in [1.165, 1.54) is 5.56 Å². The van der Waals surface area contributed by atoms with Crippen LogP contribution in [0.15, 0.2) is 97.7 Å². The number of methoxy groups -OCH3 is 1. The highest BCUT2D eigenvalue weighted by Gasteiger charge is 2.24. The van der Waals surface area contributed by atoms with Crippen molar-refractivity contribution in [3.63, 3.8) is 0 Å². The first-order chi connectivity index (χ1) is 18.2. The van der Waals surface area contributed by atoms with Crippen LogP contribution in [0, 0.1) is 0 Å². The molecule has 0 aliphatic carbocycles. The third-order valence-electron chi connectivity index (χ3n) is 6.92. The molecule has 6 nitrogen and oxygen atoms in total. The Morgan fingerprint density at radius 3 is 2.57 bits per heavy atom. The molecule has 188 valence electrons. The predicted molar refractivity (Wildman–Crippen MR) is 148 cm³/mol. The number of ether oxygens (including phenoxy) is 1. The lowest BCUT2D eigenvalue weighted by Gasteiger charge is -2.18. The number of fused-ring (bicyclic) bond motifs is 1. The van der Waals surface area contributed by atoms with Gasteiger partial charge in [-0.1, -0.05) is 72.8 Å². The maximum Gasteiger partial charge on any atom is 0.255 e. The van der Waals surface area contributed by atoms with Crippen LogP contribution in [-0.2, 0) is 11.2 Å². The van der Waals surface area contributed by atoms with Gasteiger partial charge in [-0.15, -0.1) is 0 Å². The number of amides is 1. The minimum atomic E-state index is -0.0230. The van der Waals surface area contributed by atoms with Crippen molar-refractivity contribution < 1.29 is 9.53 Å². The fourth-order valence-corrected chi connectivity index (χ4v) is 4.90. The molecule has 1 amide bonds. The van der Waals surface area contributed by atoms with Gasteiger partial charge in [0, 0.05) is 38.7 Å². The van der Waals surface area contributed by atoms with Crippen molar-refractivity contribution in [3.8, 4) is 11.1 Å². The topological polar surface area (TPSA) is 63.1 Å². The molecule has 0 saturated carbocycles. The molecular weight excluding hydrogens is 460 g/mol. The van der Waals surface area contributed by atoms with Gasteiger partial charge in [-0.3, -0.25) is 4.79 Å². The summed E-state index contributed by atoms with van der Waals surface area (Å²) in [6.07, 6.45) is 9.48. The fourth-order valence-electron chi connectivity index (χ4n) is 4.90. The molecule has 1 atom stereocenters. The molecule has 5 rings (SSSR count). The fraction of sp³-hybridized carbons (Fsp3) is 0.226. The van der Waals surface area contributed by atoms with Crippen LogP contribution < -0.4 is 0 Å². The van der Waals surface area contributed by atoms with Crippen LogP contribution in [0.4, 0.5) is 0 Å². The standard InChI is InChI=1S/C31H32N4O2/c1-34(17-18-37-2)31(36)28-21-35(20-27(28)26-14-8-12-24-11-6-7-13-25(24)26)30(29-19-32-22-33-29)16-15-23-9-4-3-5-10-23/h3-14,19-22,30H,15-18H2,1-2H3,(H,32,33). The number of likely N-dealkylation sites (N-methyl/N-ethyl adjacent to an activating group) is 1. The van der Waals surface area contributed by atoms with Crippen molar-refractivity contribution in [2.45, 2.75) is 18.9 Å². The lowest BCUT2D eigenvalue weighted by atomic mass is 9.97. The van der Waals surface area contributed by atoms with E-state index in [2.05, 4.69) is 75.3 Å². The first kappa shape index (κ1) is 24.5. The number of rotatable bonds is 10. The number of hydrogen-bond donors (Lipinski definition) is 1. The molecule has 0 aliphatic rings. The molecule has 1 N–H and O–H groups in total. The zero-order valence-electron chi connectivity index (χ0n) is 21.3. The first-order valence-electron chi connectivity index (χ1n) is 12.6. The van der Waals surface area contributed by atoms with Crippen molar-refractivity contribution in [2.75, 3.05) is 27.3 Å². The van der Waals surface area contributed by atoms with Gasteiger partial charge < -0.3 is 19.2 Å². The average Bonchev–Trinajstić information content (AvgIpc) is 3.63. The quantitative estimate of drug-likeness (QED) is 0.261. The molecule has 0 saturated heterocycles. The van der Waals surface area contributed by atoms with E-state index in [1.54, 1.807) is 18.3 Å². The second kappa shape index (κ2) is 11.3. The van der Waals surface area contributed by atoms with E-state index in [9.17, 15) is 4.79 Å². The van der Waals surface area contributed by atoms with Crippen molar-refractivity contribution in [3.05, 3.63) is 115 Å². The van der Waals surface area contributed by atoms with Crippen LogP contribution >= 0.6 is 0 Å². The molecule has 0 spiro atoms. The van der Waals surface area contributed by atoms with Crippen molar-refractivity contribution in [2.24, 2.45) is 0 Å². The number of benzene rings is 3. The summed E-state index contributed by atoms with van der Waals surface area (Å²) >= 11 is 0. The zero-order valence-corrected chi connectivity index (χ0v) is 21.3. The number of carbonyl (C=O) groups is 1. The minimum Gasteiger partial charge on any atom is -0.383 e. The summed E-state index contributed by atoms with van der Waals surface area (Å²) in [6.45, 7) is 1.01. The predicted octanol–water partition coefficient (Wildman–Crippen LogP) is 5.97. The summed E-state index contributed by atoms with van der Waals surface area (Å²) in [5, 5.41) is 2.27. The summed E-state index contributed by atoms with van der Waals surface area (Å²) in [7, 11) is 3.48. The Hall–Kier alpha value is -4.16. The highest BCUT2D eigenvalue weighted by Crippen LogP contribution is 2.35. The number of carbonyl (C=O) groups excluding carboxylic acids is 1. The second-order valence-corrected chi connectivity index (χ2v) is 9.33. The Morgan fingerprint density at radius 1 is 1.00 bits per heavy atom. The Morgan fingerprint density at radius 2 is 1.78 bits per heavy atom. The van der Waals surface area contributed by atoms with E-state index < -0.39 is 0 Å². The Kier molecular flexibility index (Phi) is 7.47. The minimum absolute atomic E-state index is 0.00210. The smallest absolute Gasteiger partial charge is 0.255 e. The maximum atomic E-state index is 13.7. The summed E-state index contributed by atoms with van der Waals surface area (Å²) < 4.78 is 7.40. The monoisotopic (exact) mass is 492 g/mol. The van der Waals surface area contributed by atoms with Gasteiger partial charge in [-0.25, -0.2) is 4.98 Å². The molecule has 6 heteroatoms. The maximum absolute atomic E-state index is 13.7. The van der Waals surface area contributed by atoms with Gasteiger partial charge in [0.05, 0.1) is 36.4 Å². The Balaban J connectivity index is 1.60. The highest BCUT2D eigenvalue weighted by molar-refractivity contribution is 6.06. The van der Waals surface area contributed by atoms with Gasteiger partial charge in [0.1, 0.15) is 0 Å². The molecule has 0 fully saturated rings. The van der Waals surface area contributed by atoms with Crippen LogP contribution in [0.3, 0.4) is 0 Å². The van der Waals surface area contributed by atoms with Crippen LogP contribution in [0.25, 0.3) is 21.9 Å². The molecule has 0 aliphatic heterocycles. The van der Waals surface area contributed by atoms with Crippen molar-refractivity contribution >= 4 is 16.7 Å². The first-order valence-corrected chi connectivity index (χ1v) is 12.6. The summed E-state index contributed by atoms with van der Waals surface area (Å²) in [4.78, 5) is 23.0. The molecule has 2 aromatic heterocycles. The van der Waals surface area contributed by atoms with E-state index in [4.69, 9.17) is 4.74 Å². The van der Waals surface area contributed by atoms with Gasteiger partial charge >= 0.3 is 0 Å². The lowest BCUT2D eigenvalue weighted by Crippen LogP contribution is -2.30. The van der Waals surface area contributed by atoms with Crippen LogP contribution in [0.2, 0.25) is 0 Å². The summed E-state index contributed by atoms with van der Waals surface area (Å²) in [6, 6.07) is 25.1. The molecule has 37 heavy (non-hydrogen) atoms. The highest BCUT2D eigenvalue weighted by atomic mass is 16.5. The number of imidazole rings is 1. The third kappa shape index (κ3) is 5.34. The molecule has 2 heterocycles. The van der Waals surface area contributed by atoms with Gasteiger partial charge in [0.15, 0.2) is 0 Å². The van der Waals surface area contributed by atoms with E-state index >= 15 is 0 Å². The Labute approximate surface area is 217 Å². The van der Waals surface area contributed by atoms with Gasteiger partial charge in [0.25, 0.3) is 5.91 Å². The second-order valence-electron chi connectivity index (χ2n) is 9.33.